The highest BCUT2D eigenvalue weighted by Crippen LogP contribution is 2.38. The van der Waals surface area contributed by atoms with Crippen LogP contribution in [0.1, 0.15) is 21.5 Å². The fraction of sp³-hybridized carbons (Fsp3) is 0.0500. The molecule has 0 fully saturated rings. The molecule has 3 aromatic rings. The smallest absolute Gasteiger partial charge is 0.256 e. The van der Waals surface area contributed by atoms with E-state index in [-0.39, 0.29) is 10.5 Å². The summed E-state index contributed by atoms with van der Waals surface area (Å²) in [5.74, 6) is -0.418. The van der Waals surface area contributed by atoms with Crippen molar-refractivity contribution in [3.05, 3.63) is 81.8 Å². The van der Waals surface area contributed by atoms with Crippen LogP contribution in [0.5, 0.6) is 0 Å². The number of nitrogens with one attached hydrogen (secondary N) is 1. The highest BCUT2D eigenvalue weighted by Gasteiger charge is 2.20. The van der Waals surface area contributed by atoms with Crippen molar-refractivity contribution in [2.24, 2.45) is 5.14 Å². The zero-order valence-electron chi connectivity index (χ0n) is 14.1. The predicted octanol–water partition coefficient (Wildman–Crippen LogP) is 3.92. The second kappa shape index (κ2) is 6.60. The van der Waals surface area contributed by atoms with Gasteiger partial charge >= 0.3 is 0 Å². The van der Waals surface area contributed by atoms with Crippen molar-refractivity contribution < 1.29 is 13.2 Å². The number of hydrogen-bond donors (Lipinski definition) is 2. The lowest BCUT2D eigenvalue weighted by atomic mass is 10.1. The summed E-state index contributed by atoms with van der Waals surface area (Å²) in [5.41, 5.74) is 5.58. The van der Waals surface area contributed by atoms with Gasteiger partial charge in [0.15, 0.2) is 0 Å². The second-order valence-electron chi connectivity index (χ2n) is 6.35. The molecule has 0 bridgehead atoms. The quantitative estimate of drug-likeness (QED) is 0.503. The number of halogens is 1. The number of amides is 1. The molecule has 0 spiro atoms. The largest absolute Gasteiger partial charge is 0.322 e. The van der Waals surface area contributed by atoms with Crippen molar-refractivity contribution in [2.45, 2.75) is 11.3 Å². The highest BCUT2D eigenvalue weighted by atomic mass is 79.9. The summed E-state index contributed by atoms with van der Waals surface area (Å²) in [4.78, 5) is 12.6. The Hall–Kier alpha value is -2.48. The van der Waals surface area contributed by atoms with Crippen molar-refractivity contribution in [3.63, 3.8) is 0 Å². The molecule has 0 atom stereocenters. The molecular formula is C20H15BrN2O3S. The minimum atomic E-state index is -3.89. The van der Waals surface area contributed by atoms with Crippen LogP contribution in [0.4, 0.5) is 5.69 Å². The van der Waals surface area contributed by atoms with Crippen molar-refractivity contribution in [2.75, 3.05) is 5.32 Å². The number of carbonyl (C=O) groups excluding carboxylic acids is 1. The molecule has 0 unspecified atom stereocenters. The Morgan fingerprint density at radius 1 is 0.963 bits per heavy atom. The number of primary sulfonamides is 1. The molecule has 1 amide bonds. The Bertz CT molecular complexity index is 1190. The van der Waals surface area contributed by atoms with Gasteiger partial charge < -0.3 is 5.32 Å². The van der Waals surface area contributed by atoms with Gasteiger partial charge in [0.1, 0.15) is 0 Å². The summed E-state index contributed by atoms with van der Waals surface area (Å²) in [7, 11) is -3.89. The fourth-order valence-electron chi connectivity index (χ4n) is 3.26. The number of rotatable bonds is 3. The van der Waals surface area contributed by atoms with E-state index >= 15 is 0 Å². The standard InChI is InChI=1S/C20H15BrN2O3S/c21-19-8-7-15(27(22,25)26)11-18(19)20(24)23-14-6-5-13-9-12-3-1-2-4-16(12)17(13)10-14/h1-8,10-11H,9H2,(H,23,24)(H2,22,25,26). The first kappa shape index (κ1) is 17.9. The van der Waals surface area contributed by atoms with Crippen LogP contribution in [0.25, 0.3) is 11.1 Å². The third-order valence-corrected chi connectivity index (χ3v) is 6.17. The number of benzene rings is 3. The van der Waals surface area contributed by atoms with E-state index in [2.05, 4.69) is 33.4 Å². The second-order valence-corrected chi connectivity index (χ2v) is 8.76. The Kier molecular flexibility index (Phi) is 4.38. The third-order valence-electron chi connectivity index (χ3n) is 4.57. The molecule has 27 heavy (non-hydrogen) atoms. The number of nitrogens with two attached hydrogens (primary N) is 1. The van der Waals surface area contributed by atoms with Crippen LogP contribution in [0.15, 0.2) is 70.0 Å². The van der Waals surface area contributed by atoms with Gasteiger partial charge in [-0.1, -0.05) is 30.3 Å². The lowest BCUT2D eigenvalue weighted by Crippen LogP contribution is -2.16. The van der Waals surface area contributed by atoms with Gasteiger partial charge in [-0.05, 0) is 74.9 Å². The molecule has 136 valence electrons. The minimum Gasteiger partial charge on any atom is -0.322 e. The van der Waals surface area contributed by atoms with Crippen LogP contribution >= 0.6 is 15.9 Å². The van der Waals surface area contributed by atoms with Crippen LogP contribution < -0.4 is 10.5 Å². The van der Waals surface area contributed by atoms with E-state index in [1.807, 2.05) is 30.3 Å². The summed E-state index contributed by atoms with van der Waals surface area (Å²) in [6, 6.07) is 18.1. The van der Waals surface area contributed by atoms with Crippen LogP contribution in [-0.2, 0) is 16.4 Å². The van der Waals surface area contributed by atoms with Gasteiger partial charge in [-0.2, -0.15) is 0 Å². The fourth-order valence-corrected chi connectivity index (χ4v) is 4.22. The first-order chi connectivity index (χ1) is 12.8. The summed E-state index contributed by atoms with van der Waals surface area (Å²) >= 11 is 3.29. The Balaban J connectivity index is 1.66. The van der Waals surface area contributed by atoms with E-state index in [9.17, 15) is 13.2 Å². The topological polar surface area (TPSA) is 89.3 Å². The molecule has 5 nitrogen and oxygen atoms in total. The van der Waals surface area contributed by atoms with E-state index in [0.717, 1.165) is 12.0 Å². The van der Waals surface area contributed by atoms with Crippen LogP contribution in [0.2, 0.25) is 0 Å². The normalized spacial score (nSPS) is 12.4. The number of sulfonamides is 1. The molecule has 0 saturated heterocycles. The van der Waals surface area contributed by atoms with E-state index in [4.69, 9.17) is 5.14 Å². The van der Waals surface area contributed by atoms with E-state index < -0.39 is 15.9 Å². The molecule has 0 saturated carbocycles. The van der Waals surface area contributed by atoms with Gasteiger partial charge in [-0.15, -0.1) is 0 Å². The summed E-state index contributed by atoms with van der Waals surface area (Å²) in [6.45, 7) is 0. The zero-order valence-corrected chi connectivity index (χ0v) is 16.5. The van der Waals surface area contributed by atoms with Crippen molar-refractivity contribution in [1.29, 1.82) is 0 Å². The number of anilines is 1. The van der Waals surface area contributed by atoms with Crippen molar-refractivity contribution in [1.82, 2.24) is 0 Å². The van der Waals surface area contributed by atoms with E-state index in [0.29, 0.717) is 10.2 Å². The summed E-state index contributed by atoms with van der Waals surface area (Å²) in [6.07, 6.45) is 0.877. The number of fused-ring (bicyclic) bond motifs is 3. The van der Waals surface area contributed by atoms with Crippen molar-refractivity contribution >= 4 is 37.5 Å². The predicted molar refractivity (Wildman–Crippen MR) is 108 cm³/mol. The van der Waals surface area contributed by atoms with Crippen LogP contribution in [-0.4, -0.2) is 14.3 Å². The number of hydrogen-bond acceptors (Lipinski definition) is 3. The van der Waals surface area contributed by atoms with Crippen LogP contribution in [0.3, 0.4) is 0 Å². The van der Waals surface area contributed by atoms with Gasteiger partial charge in [0.2, 0.25) is 10.0 Å². The molecule has 0 aliphatic heterocycles. The molecule has 3 aromatic carbocycles. The molecule has 0 heterocycles. The Morgan fingerprint density at radius 3 is 2.48 bits per heavy atom. The third kappa shape index (κ3) is 3.41. The molecular weight excluding hydrogens is 428 g/mol. The first-order valence-corrected chi connectivity index (χ1v) is 10.5. The highest BCUT2D eigenvalue weighted by molar-refractivity contribution is 9.10. The SMILES string of the molecule is NS(=O)(=O)c1ccc(Br)c(C(=O)Nc2ccc3c(c2)-c2ccccc2C3)c1. The lowest BCUT2D eigenvalue weighted by molar-refractivity contribution is 0.102. The summed E-state index contributed by atoms with van der Waals surface area (Å²) in [5, 5.41) is 7.99. The minimum absolute atomic E-state index is 0.112. The van der Waals surface area contributed by atoms with Crippen LogP contribution in [0, 0.1) is 0 Å². The van der Waals surface area contributed by atoms with Gasteiger partial charge in [0.25, 0.3) is 5.91 Å². The van der Waals surface area contributed by atoms with Crippen molar-refractivity contribution in [3.8, 4) is 11.1 Å². The molecule has 7 heteroatoms. The van der Waals surface area contributed by atoms with Gasteiger partial charge in [-0.25, -0.2) is 13.6 Å². The average molecular weight is 443 g/mol. The maximum absolute atomic E-state index is 12.7. The molecule has 1 aliphatic rings. The molecule has 0 aromatic heterocycles. The van der Waals surface area contributed by atoms with E-state index in [1.54, 1.807) is 0 Å². The zero-order chi connectivity index (χ0) is 19.2. The molecule has 1 aliphatic carbocycles. The molecule has 0 radical (unpaired) electrons. The monoisotopic (exact) mass is 442 g/mol. The molecule has 3 N–H and O–H groups in total. The first-order valence-electron chi connectivity index (χ1n) is 8.18. The number of carbonyl (C=O) groups is 1. The van der Waals surface area contributed by atoms with Gasteiger partial charge in [0.05, 0.1) is 10.5 Å². The van der Waals surface area contributed by atoms with Gasteiger partial charge in [0, 0.05) is 10.2 Å². The van der Waals surface area contributed by atoms with Gasteiger partial charge in [-0.3, -0.25) is 4.79 Å². The van der Waals surface area contributed by atoms with E-state index in [1.165, 1.54) is 34.9 Å². The Morgan fingerprint density at radius 2 is 1.70 bits per heavy atom. The summed E-state index contributed by atoms with van der Waals surface area (Å²) < 4.78 is 23.6. The maximum atomic E-state index is 12.7. The maximum Gasteiger partial charge on any atom is 0.256 e. The average Bonchev–Trinajstić information content (AvgIpc) is 2.99. The lowest BCUT2D eigenvalue weighted by Gasteiger charge is -2.10. The Labute approximate surface area is 165 Å². The molecule has 4 rings (SSSR count).